The zero-order valence-electron chi connectivity index (χ0n) is 18.0. The quantitative estimate of drug-likeness (QED) is 0.326. The lowest BCUT2D eigenvalue weighted by Gasteiger charge is -2.50. The molecule has 3 aliphatic carbocycles. The molecule has 0 unspecified atom stereocenters. The third-order valence-corrected chi connectivity index (χ3v) is 7.98. The fraction of sp³-hybridized carbons (Fsp3) is 0.222. The van der Waals surface area contributed by atoms with Gasteiger partial charge in [-0.2, -0.15) is 0 Å². The largest absolute Gasteiger partial charge is 0.495 e. The number of ether oxygens (including phenoxy) is 1. The Kier molecular flexibility index (Phi) is 4.15. The number of Topliss-reactive ketones (excluding diaryl/α,β-unsaturated/α-hetero) is 1. The van der Waals surface area contributed by atoms with E-state index in [0.717, 1.165) is 22.3 Å². The van der Waals surface area contributed by atoms with Gasteiger partial charge >= 0.3 is 0 Å². The third kappa shape index (κ3) is 2.40. The smallest absolute Gasteiger partial charge is 0.240 e. The van der Waals surface area contributed by atoms with Crippen molar-refractivity contribution in [3.05, 3.63) is 94.5 Å². The second kappa shape index (κ2) is 6.78. The molecule has 0 aromatic heterocycles. The van der Waals surface area contributed by atoms with Gasteiger partial charge in [0.05, 0.1) is 24.6 Å². The summed E-state index contributed by atoms with van der Waals surface area (Å²) < 4.78 is 5.47. The second-order valence-corrected chi connectivity index (χ2v) is 9.42. The summed E-state index contributed by atoms with van der Waals surface area (Å²) in [4.78, 5) is 40.0. The number of halogens is 1. The first-order valence-corrected chi connectivity index (χ1v) is 11.2. The Bertz CT molecular complexity index is 1330. The van der Waals surface area contributed by atoms with Gasteiger partial charge in [-0.05, 0) is 47.4 Å². The van der Waals surface area contributed by atoms with E-state index in [2.05, 4.69) is 0 Å². The minimum atomic E-state index is -1.15. The molecule has 7 rings (SSSR count). The molecule has 1 fully saturated rings. The Morgan fingerprint density at radius 1 is 0.939 bits per heavy atom. The summed E-state index contributed by atoms with van der Waals surface area (Å²) in [6.45, 7) is 1.44. The highest BCUT2D eigenvalue weighted by molar-refractivity contribution is 6.33. The molecule has 3 aromatic carbocycles. The summed E-state index contributed by atoms with van der Waals surface area (Å²) in [5, 5.41) is 0. The highest BCUT2D eigenvalue weighted by Gasteiger charge is 2.68. The van der Waals surface area contributed by atoms with E-state index >= 15 is 0 Å². The van der Waals surface area contributed by atoms with Crippen LogP contribution in [-0.2, 0) is 14.5 Å². The highest BCUT2D eigenvalue weighted by atomic mass is 35.5. The van der Waals surface area contributed by atoms with Crippen molar-refractivity contribution in [2.45, 2.75) is 17.7 Å². The number of benzene rings is 3. The van der Waals surface area contributed by atoms with Crippen molar-refractivity contribution in [2.75, 3.05) is 12.0 Å². The molecule has 2 atom stereocenters. The van der Waals surface area contributed by atoms with Gasteiger partial charge in [-0.25, -0.2) is 4.90 Å². The molecule has 0 N–H and O–H groups in total. The number of imide groups is 1. The van der Waals surface area contributed by atoms with E-state index in [1.807, 2.05) is 48.5 Å². The molecule has 1 heterocycles. The number of methoxy groups -OCH3 is 1. The summed E-state index contributed by atoms with van der Waals surface area (Å²) >= 11 is 7.44. The predicted octanol–water partition coefficient (Wildman–Crippen LogP) is 4.64. The summed E-state index contributed by atoms with van der Waals surface area (Å²) in [7, 11) is 1.47. The van der Waals surface area contributed by atoms with Crippen LogP contribution in [0, 0.1) is 11.8 Å². The Morgan fingerprint density at radius 2 is 1.55 bits per heavy atom. The molecular weight excluding hydrogens is 438 g/mol. The molecule has 1 saturated heterocycles. The SMILES string of the molecule is COc1ccc(C(C)=O)cc1N1C(=O)[C@@H]2C3c4ccccc4C(Cl)(c4ccccc43)[C@@H]2C1=O. The van der Waals surface area contributed by atoms with Crippen molar-refractivity contribution in [3.63, 3.8) is 0 Å². The average Bonchev–Trinajstić information content (AvgIpc) is 3.10. The van der Waals surface area contributed by atoms with E-state index in [1.165, 1.54) is 18.9 Å². The third-order valence-electron chi connectivity index (χ3n) is 7.34. The van der Waals surface area contributed by atoms with Gasteiger partial charge in [0.15, 0.2) is 5.78 Å². The lowest BCUT2D eigenvalue weighted by molar-refractivity contribution is -0.122. The predicted molar refractivity (Wildman–Crippen MR) is 124 cm³/mol. The Balaban J connectivity index is 1.59. The number of alkyl halides is 1. The molecule has 6 heteroatoms. The van der Waals surface area contributed by atoms with Gasteiger partial charge in [-0.15, -0.1) is 11.6 Å². The van der Waals surface area contributed by atoms with Crippen LogP contribution in [0.1, 0.15) is 45.5 Å². The summed E-state index contributed by atoms with van der Waals surface area (Å²) in [6, 6.07) is 20.4. The van der Waals surface area contributed by atoms with Crippen molar-refractivity contribution in [3.8, 4) is 5.75 Å². The average molecular weight is 458 g/mol. The Hall–Kier alpha value is -3.44. The van der Waals surface area contributed by atoms with Gasteiger partial charge in [-0.1, -0.05) is 48.5 Å². The van der Waals surface area contributed by atoms with Crippen LogP contribution in [0.25, 0.3) is 0 Å². The van der Waals surface area contributed by atoms with Crippen molar-refractivity contribution < 1.29 is 19.1 Å². The maximum Gasteiger partial charge on any atom is 0.240 e. The van der Waals surface area contributed by atoms with Crippen LogP contribution >= 0.6 is 11.6 Å². The molecule has 0 spiro atoms. The van der Waals surface area contributed by atoms with Crippen LogP contribution in [0.5, 0.6) is 5.75 Å². The lowest BCUT2D eigenvalue weighted by atomic mass is 9.54. The maximum absolute atomic E-state index is 14.0. The topological polar surface area (TPSA) is 63.7 Å². The molecule has 33 heavy (non-hydrogen) atoms. The van der Waals surface area contributed by atoms with Gasteiger partial charge in [-0.3, -0.25) is 14.4 Å². The van der Waals surface area contributed by atoms with E-state index in [-0.39, 0.29) is 29.2 Å². The maximum atomic E-state index is 14.0. The number of hydrogen-bond donors (Lipinski definition) is 0. The van der Waals surface area contributed by atoms with Crippen molar-refractivity contribution >= 4 is 34.9 Å². The fourth-order valence-electron chi connectivity index (χ4n) is 6.00. The van der Waals surface area contributed by atoms with Crippen LogP contribution in [0.15, 0.2) is 66.7 Å². The van der Waals surface area contributed by atoms with Crippen LogP contribution in [0.4, 0.5) is 5.69 Å². The van der Waals surface area contributed by atoms with Gasteiger partial charge in [0.25, 0.3) is 0 Å². The normalized spacial score (nSPS) is 26.6. The zero-order valence-corrected chi connectivity index (χ0v) is 18.8. The minimum absolute atomic E-state index is 0.163. The van der Waals surface area contributed by atoms with E-state index < -0.39 is 16.7 Å². The minimum Gasteiger partial charge on any atom is -0.495 e. The van der Waals surface area contributed by atoms with Gasteiger partial charge in [0.1, 0.15) is 10.6 Å². The second-order valence-electron chi connectivity index (χ2n) is 8.82. The Labute approximate surface area is 195 Å². The molecule has 0 radical (unpaired) electrons. The number of carbonyl (C=O) groups excluding carboxylic acids is 3. The number of amides is 2. The number of hydrogen-bond acceptors (Lipinski definition) is 4. The Morgan fingerprint density at radius 3 is 2.12 bits per heavy atom. The van der Waals surface area contributed by atoms with E-state index in [9.17, 15) is 14.4 Å². The summed E-state index contributed by atoms with van der Waals surface area (Å²) in [5.74, 6) is -2.16. The van der Waals surface area contributed by atoms with E-state index in [4.69, 9.17) is 16.3 Å². The van der Waals surface area contributed by atoms with E-state index in [0.29, 0.717) is 11.3 Å². The van der Waals surface area contributed by atoms with Crippen molar-refractivity contribution in [1.29, 1.82) is 0 Å². The van der Waals surface area contributed by atoms with Gasteiger partial charge < -0.3 is 4.74 Å². The van der Waals surface area contributed by atoms with Crippen LogP contribution in [0.3, 0.4) is 0 Å². The molecule has 3 aromatic rings. The summed E-state index contributed by atoms with van der Waals surface area (Å²) in [6.07, 6.45) is 0. The zero-order chi connectivity index (χ0) is 23.1. The monoisotopic (exact) mass is 457 g/mol. The molecule has 5 nitrogen and oxygen atoms in total. The number of anilines is 1. The first kappa shape index (κ1) is 20.2. The molecule has 0 saturated carbocycles. The van der Waals surface area contributed by atoms with Crippen molar-refractivity contribution in [2.24, 2.45) is 11.8 Å². The van der Waals surface area contributed by atoms with Crippen LogP contribution < -0.4 is 9.64 Å². The standard InChI is InChI=1S/C27H20ClNO4/c1-14(30)15-11-12-21(33-2)20(13-15)29-25(31)23-22-16-7-3-5-9-18(16)27(28,24(23)26(29)32)19-10-6-4-8-17(19)22/h3-13,22-24H,1-2H3/t22?,23-,24+,27?/m1/s1. The highest BCUT2D eigenvalue weighted by Crippen LogP contribution is 2.66. The molecular formula is C27H20ClNO4. The first-order valence-electron chi connectivity index (χ1n) is 10.8. The molecule has 2 bridgehead atoms. The molecule has 2 amide bonds. The molecule has 1 aliphatic heterocycles. The molecule has 164 valence electrons. The number of rotatable bonds is 3. The number of carbonyl (C=O) groups is 3. The number of nitrogens with zero attached hydrogens (tertiary/aromatic N) is 1. The van der Waals surface area contributed by atoms with Crippen molar-refractivity contribution in [1.82, 2.24) is 0 Å². The van der Waals surface area contributed by atoms with E-state index in [1.54, 1.807) is 18.2 Å². The first-order chi connectivity index (χ1) is 15.9. The lowest BCUT2D eigenvalue weighted by Crippen LogP contribution is -2.50. The molecule has 4 aliphatic rings. The number of ketones is 1. The van der Waals surface area contributed by atoms with Crippen LogP contribution in [-0.4, -0.2) is 24.7 Å². The van der Waals surface area contributed by atoms with Gasteiger partial charge in [0.2, 0.25) is 11.8 Å². The van der Waals surface area contributed by atoms with Crippen LogP contribution in [0.2, 0.25) is 0 Å². The fourth-order valence-corrected chi connectivity index (χ4v) is 6.57. The summed E-state index contributed by atoms with van der Waals surface area (Å²) in [5.41, 5.74) is 4.41. The van der Waals surface area contributed by atoms with Gasteiger partial charge in [0, 0.05) is 11.5 Å².